The molecule has 4 rings (SSSR count). The van der Waals surface area contributed by atoms with E-state index >= 15 is 0 Å². The molecule has 0 aliphatic carbocycles. The summed E-state index contributed by atoms with van der Waals surface area (Å²) in [4.78, 5) is 20.1. The predicted octanol–water partition coefficient (Wildman–Crippen LogP) is 5.76. The van der Waals surface area contributed by atoms with Gasteiger partial charge in [0.05, 0.1) is 11.0 Å². The largest absolute Gasteiger partial charge is 0.484 e. The van der Waals surface area contributed by atoms with Crippen molar-refractivity contribution in [2.45, 2.75) is 26.2 Å². The van der Waals surface area contributed by atoms with Gasteiger partial charge < -0.3 is 15.0 Å². The second-order valence-corrected chi connectivity index (χ2v) is 7.40. The fourth-order valence-corrected chi connectivity index (χ4v) is 3.28. The molecule has 0 saturated heterocycles. The molecule has 0 saturated carbocycles. The van der Waals surface area contributed by atoms with E-state index in [1.165, 1.54) is 5.56 Å². The van der Waals surface area contributed by atoms with Crippen LogP contribution in [0, 0.1) is 0 Å². The number of amides is 1. The molecule has 1 aromatic heterocycles. The van der Waals surface area contributed by atoms with Gasteiger partial charge in [0.1, 0.15) is 11.6 Å². The van der Waals surface area contributed by atoms with E-state index in [4.69, 9.17) is 4.74 Å². The number of para-hydroxylation sites is 2. The lowest BCUT2D eigenvalue weighted by Gasteiger charge is -2.11. The summed E-state index contributed by atoms with van der Waals surface area (Å²) in [5.74, 6) is 1.82. The zero-order valence-corrected chi connectivity index (χ0v) is 17.2. The first kappa shape index (κ1) is 19.7. The Labute approximate surface area is 176 Å². The molecule has 0 radical (unpaired) electrons. The van der Waals surface area contributed by atoms with Gasteiger partial charge in [-0.2, -0.15) is 0 Å². The second-order valence-electron chi connectivity index (χ2n) is 7.40. The molecule has 0 spiro atoms. The number of H-pyrrole nitrogens is 1. The Hall–Kier alpha value is -3.60. The van der Waals surface area contributed by atoms with Crippen molar-refractivity contribution >= 4 is 22.6 Å². The molecule has 0 aliphatic heterocycles. The monoisotopic (exact) mass is 399 g/mol. The summed E-state index contributed by atoms with van der Waals surface area (Å²) in [6.07, 6.45) is 1.09. The van der Waals surface area contributed by atoms with Crippen molar-refractivity contribution in [2.24, 2.45) is 0 Å². The van der Waals surface area contributed by atoms with Gasteiger partial charge in [0, 0.05) is 11.3 Å². The van der Waals surface area contributed by atoms with Crippen LogP contribution in [0.2, 0.25) is 0 Å². The Morgan fingerprint density at radius 2 is 1.77 bits per heavy atom. The summed E-state index contributed by atoms with van der Waals surface area (Å²) in [6.45, 7) is 4.33. The van der Waals surface area contributed by atoms with E-state index in [-0.39, 0.29) is 12.5 Å². The number of fused-ring (bicyclic) bond motifs is 1. The summed E-state index contributed by atoms with van der Waals surface area (Å²) in [5.41, 5.74) is 4.88. The van der Waals surface area contributed by atoms with Gasteiger partial charge in [-0.15, -0.1) is 0 Å². The second kappa shape index (κ2) is 8.82. The average molecular weight is 399 g/mol. The standard InChI is InChI=1S/C25H25N3O2/c1-3-17(2)18-10-14-21(15-11-18)30-16-24(29)26-20-12-8-19(9-13-20)25-27-22-6-4-5-7-23(22)28-25/h4-15,17H,3,16H2,1-2H3,(H,26,29)(H,27,28). The fraction of sp³-hybridized carbons (Fsp3) is 0.200. The highest BCUT2D eigenvalue weighted by atomic mass is 16.5. The highest BCUT2D eigenvalue weighted by Gasteiger charge is 2.08. The molecule has 0 bridgehead atoms. The van der Waals surface area contributed by atoms with E-state index in [2.05, 4.69) is 41.3 Å². The first-order valence-corrected chi connectivity index (χ1v) is 10.2. The Balaban J connectivity index is 1.33. The van der Waals surface area contributed by atoms with Gasteiger partial charge in [-0.3, -0.25) is 4.79 Å². The zero-order valence-electron chi connectivity index (χ0n) is 17.2. The Morgan fingerprint density at radius 1 is 1.03 bits per heavy atom. The number of carbonyl (C=O) groups excluding carboxylic acids is 1. The van der Waals surface area contributed by atoms with Gasteiger partial charge >= 0.3 is 0 Å². The molecule has 5 heteroatoms. The number of aromatic amines is 1. The van der Waals surface area contributed by atoms with Gasteiger partial charge in [0.15, 0.2) is 6.61 Å². The normalized spacial score (nSPS) is 11.9. The minimum absolute atomic E-state index is 0.0337. The molecule has 2 N–H and O–H groups in total. The van der Waals surface area contributed by atoms with Crippen molar-refractivity contribution < 1.29 is 9.53 Å². The molecule has 0 fully saturated rings. The van der Waals surface area contributed by atoms with Gasteiger partial charge in [0.25, 0.3) is 5.91 Å². The first-order chi connectivity index (χ1) is 14.6. The van der Waals surface area contributed by atoms with Gasteiger partial charge in [-0.05, 0) is 66.4 Å². The summed E-state index contributed by atoms with van der Waals surface area (Å²) in [6, 6.07) is 23.4. The molecule has 5 nitrogen and oxygen atoms in total. The van der Waals surface area contributed by atoms with Gasteiger partial charge in [0.2, 0.25) is 0 Å². The third-order valence-corrected chi connectivity index (χ3v) is 5.26. The smallest absolute Gasteiger partial charge is 0.262 e. The van der Waals surface area contributed by atoms with E-state index in [1.807, 2.05) is 60.7 Å². The highest BCUT2D eigenvalue weighted by Crippen LogP contribution is 2.23. The van der Waals surface area contributed by atoms with E-state index in [0.717, 1.165) is 34.5 Å². The quantitative estimate of drug-likeness (QED) is 0.415. The predicted molar refractivity (Wildman–Crippen MR) is 121 cm³/mol. The average Bonchev–Trinajstić information content (AvgIpc) is 3.22. The number of rotatable bonds is 7. The number of carbonyl (C=O) groups is 1. The molecule has 1 heterocycles. The van der Waals surface area contributed by atoms with E-state index < -0.39 is 0 Å². The third kappa shape index (κ3) is 4.51. The van der Waals surface area contributed by atoms with Crippen molar-refractivity contribution in [3.63, 3.8) is 0 Å². The van der Waals surface area contributed by atoms with Crippen LogP contribution >= 0.6 is 0 Å². The topological polar surface area (TPSA) is 67.0 Å². The number of ether oxygens (including phenoxy) is 1. The van der Waals surface area contributed by atoms with Crippen LogP contribution in [0.25, 0.3) is 22.4 Å². The molecular formula is C25H25N3O2. The number of benzene rings is 3. The maximum absolute atomic E-state index is 12.2. The van der Waals surface area contributed by atoms with Crippen LogP contribution in [-0.4, -0.2) is 22.5 Å². The van der Waals surface area contributed by atoms with Crippen molar-refractivity contribution in [1.82, 2.24) is 9.97 Å². The Bertz CT molecular complexity index is 1100. The van der Waals surface area contributed by atoms with Gasteiger partial charge in [-0.25, -0.2) is 4.98 Å². The number of aromatic nitrogens is 2. The minimum atomic E-state index is -0.197. The number of hydrogen-bond donors (Lipinski definition) is 2. The summed E-state index contributed by atoms with van der Waals surface area (Å²) < 4.78 is 5.61. The van der Waals surface area contributed by atoms with Crippen LogP contribution in [0.15, 0.2) is 72.8 Å². The summed E-state index contributed by atoms with van der Waals surface area (Å²) >= 11 is 0. The van der Waals surface area contributed by atoms with E-state index in [1.54, 1.807) is 0 Å². The van der Waals surface area contributed by atoms with Crippen LogP contribution in [0.1, 0.15) is 31.7 Å². The fourth-order valence-electron chi connectivity index (χ4n) is 3.28. The Kier molecular flexibility index (Phi) is 5.80. The third-order valence-electron chi connectivity index (χ3n) is 5.26. The lowest BCUT2D eigenvalue weighted by Crippen LogP contribution is -2.20. The number of nitrogens with zero attached hydrogens (tertiary/aromatic N) is 1. The lowest BCUT2D eigenvalue weighted by molar-refractivity contribution is -0.118. The lowest BCUT2D eigenvalue weighted by atomic mass is 9.99. The molecular weight excluding hydrogens is 374 g/mol. The van der Waals surface area contributed by atoms with E-state index in [0.29, 0.717) is 11.7 Å². The molecule has 1 unspecified atom stereocenters. The highest BCUT2D eigenvalue weighted by molar-refractivity contribution is 5.92. The molecule has 0 aliphatic rings. The molecule has 1 atom stereocenters. The van der Waals surface area contributed by atoms with Crippen molar-refractivity contribution in [1.29, 1.82) is 0 Å². The zero-order chi connectivity index (χ0) is 20.9. The maximum Gasteiger partial charge on any atom is 0.262 e. The molecule has 1 amide bonds. The van der Waals surface area contributed by atoms with Crippen LogP contribution in [0.3, 0.4) is 0 Å². The van der Waals surface area contributed by atoms with Crippen LogP contribution in [-0.2, 0) is 4.79 Å². The number of hydrogen-bond acceptors (Lipinski definition) is 3. The minimum Gasteiger partial charge on any atom is -0.484 e. The van der Waals surface area contributed by atoms with Crippen molar-refractivity contribution in [3.05, 3.63) is 78.4 Å². The molecule has 3 aromatic carbocycles. The van der Waals surface area contributed by atoms with Crippen LogP contribution < -0.4 is 10.1 Å². The van der Waals surface area contributed by atoms with Gasteiger partial charge in [-0.1, -0.05) is 38.1 Å². The van der Waals surface area contributed by atoms with Crippen molar-refractivity contribution in [2.75, 3.05) is 11.9 Å². The summed E-state index contributed by atoms with van der Waals surface area (Å²) in [5, 5.41) is 2.86. The van der Waals surface area contributed by atoms with E-state index in [9.17, 15) is 4.79 Å². The SMILES string of the molecule is CCC(C)c1ccc(OCC(=O)Nc2ccc(-c3nc4ccccc4[nH]3)cc2)cc1. The van der Waals surface area contributed by atoms with Crippen LogP contribution in [0.4, 0.5) is 5.69 Å². The number of anilines is 1. The maximum atomic E-state index is 12.2. The molecule has 152 valence electrons. The Morgan fingerprint density at radius 3 is 2.47 bits per heavy atom. The molecule has 30 heavy (non-hydrogen) atoms. The molecule has 4 aromatic rings. The first-order valence-electron chi connectivity index (χ1n) is 10.2. The number of imidazole rings is 1. The van der Waals surface area contributed by atoms with Crippen LogP contribution in [0.5, 0.6) is 5.75 Å². The summed E-state index contributed by atoms with van der Waals surface area (Å²) in [7, 11) is 0. The number of nitrogens with one attached hydrogen (secondary N) is 2. The van der Waals surface area contributed by atoms with Crippen molar-refractivity contribution in [3.8, 4) is 17.1 Å².